The van der Waals surface area contributed by atoms with Crippen LogP contribution in [-0.2, 0) is 19.7 Å². The van der Waals surface area contributed by atoms with Crippen LogP contribution in [0.3, 0.4) is 0 Å². The Balaban J connectivity index is 2.83. The van der Waals surface area contributed by atoms with E-state index in [1.807, 2.05) is 6.07 Å². The molecule has 3 nitrogen and oxygen atoms in total. The zero-order valence-corrected chi connectivity index (χ0v) is 12.1. The van der Waals surface area contributed by atoms with Gasteiger partial charge in [0.1, 0.15) is 0 Å². The van der Waals surface area contributed by atoms with Crippen LogP contribution in [0.5, 0.6) is 0 Å². The summed E-state index contributed by atoms with van der Waals surface area (Å²) in [5.74, 6) is 0. The van der Waals surface area contributed by atoms with Gasteiger partial charge in [-0.1, -0.05) is 37.3 Å². The van der Waals surface area contributed by atoms with Gasteiger partial charge in [-0.2, -0.15) is 0 Å². The van der Waals surface area contributed by atoms with Crippen molar-refractivity contribution in [2.45, 2.75) is 25.3 Å². The minimum atomic E-state index is -2.53. The molecule has 1 unspecified atom stereocenters. The average molecular weight is 254 g/mol. The molecular formula is C13H22O3Si. The predicted molar refractivity (Wildman–Crippen MR) is 71.0 cm³/mol. The fourth-order valence-corrected chi connectivity index (χ4v) is 4.65. The molecule has 1 aromatic rings. The second-order valence-electron chi connectivity index (χ2n) is 4.01. The normalized spacial score (nSPS) is 13.6. The molecule has 1 atom stereocenters. The Morgan fingerprint density at radius 2 is 1.53 bits per heavy atom. The van der Waals surface area contributed by atoms with Crippen molar-refractivity contribution in [3.05, 3.63) is 35.9 Å². The van der Waals surface area contributed by atoms with Crippen molar-refractivity contribution in [2.75, 3.05) is 21.3 Å². The Morgan fingerprint density at radius 3 is 1.94 bits per heavy atom. The molecule has 1 rings (SSSR count). The molecule has 0 aliphatic heterocycles. The summed E-state index contributed by atoms with van der Waals surface area (Å²) < 4.78 is 16.7. The first-order valence-corrected chi connectivity index (χ1v) is 7.72. The molecule has 0 aliphatic rings. The first-order chi connectivity index (χ1) is 8.22. The van der Waals surface area contributed by atoms with E-state index in [9.17, 15) is 0 Å². The maximum Gasteiger partial charge on any atom is 0.503 e. The lowest BCUT2D eigenvalue weighted by Crippen LogP contribution is -2.48. The molecule has 17 heavy (non-hydrogen) atoms. The molecule has 96 valence electrons. The maximum absolute atomic E-state index is 5.56. The minimum Gasteiger partial charge on any atom is -0.377 e. The standard InChI is InChI=1S/C13H22O3Si/c1-5-13(17(14-2,15-3)16-4)11-12-9-7-6-8-10-12/h6-10,13H,5,11H2,1-4H3. The van der Waals surface area contributed by atoms with Gasteiger partial charge in [-0.25, -0.2) is 0 Å². The van der Waals surface area contributed by atoms with E-state index in [-0.39, 0.29) is 0 Å². The number of hydrogen-bond acceptors (Lipinski definition) is 3. The highest BCUT2D eigenvalue weighted by Gasteiger charge is 2.45. The highest BCUT2D eigenvalue weighted by Crippen LogP contribution is 2.30. The minimum absolute atomic E-state index is 0.296. The van der Waals surface area contributed by atoms with Crippen LogP contribution >= 0.6 is 0 Å². The van der Waals surface area contributed by atoms with E-state index in [0.717, 1.165) is 12.8 Å². The van der Waals surface area contributed by atoms with Crippen LogP contribution in [0.2, 0.25) is 5.54 Å². The van der Waals surface area contributed by atoms with Crippen LogP contribution in [0.4, 0.5) is 0 Å². The van der Waals surface area contributed by atoms with Crippen LogP contribution in [0.1, 0.15) is 18.9 Å². The van der Waals surface area contributed by atoms with Crippen LogP contribution in [0, 0.1) is 0 Å². The van der Waals surface area contributed by atoms with E-state index in [1.54, 1.807) is 21.3 Å². The molecule has 0 saturated heterocycles. The first kappa shape index (κ1) is 14.4. The zero-order valence-electron chi connectivity index (χ0n) is 11.1. The molecule has 4 heteroatoms. The second kappa shape index (κ2) is 6.91. The average Bonchev–Trinajstić information content (AvgIpc) is 2.41. The third kappa shape index (κ3) is 3.39. The monoisotopic (exact) mass is 254 g/mol. The summed E-state index contributed by atoms with van der Waals surface area (Å²) in [7, 11) is 2.49. The fourth-order valence-electron chi connectivity index (χ4n) is 2.17. The van der Waals surface area contributed by atoms with Gasteiger partial charge in [0, 0.05) is 26.9 Å². The summed E-state index contributed by atoms with van der Waals surface area (Å²) in [5, 5.41) is 0. The van der Waals surface area contributed by atoms with Crippen molar-refractivity contribution in [3.8, 4) is 0 Å². The van der Waals surface area contributed by atoms with Gasteiger partial charge in [0.15, 0.2) is 0 Å². The van der Waals surface area contributed by atoms with Crippen molar-refractivity contribution >= 4 is 8.80 Å². The van der Waals surface area contributed by atoms with Crippen LogP contribution in [-0.4, -0.2) is 30.1 Å². The third-order valence-corrected chi connectivity index (χ3v) is 6.49. The van der Waals surface area contributed by atoms with Gasteiger partial charge in [-0.3, -0.25) is 0 Å². The SMILES string of the molecule is CCC(Cc1ccccc1)[Si](OC)(OC)OC. The van der Waals surface area contributed by atoms with Crippen molar-refractivity contribution in [1.82, 2.24) is 0 Å². The molecule has 0 fully saturated rings. The van der Waals surface area contributed by atoms with Gasteiger partial charge < -0.3 is 13.3 Å². The third-order valence-electron chi connectivity index (χ3n) is 3.17. The quantitative estimate of drug-likeness (QED) is 0.700. The molecule has 0 radical (unpaired) electrons. The largest absolute Gasteiger partial charge is 0.503 e. The summed E-state index contributed by atoms with van der Waals surface area (Å²) in [5.41, 5.74) is 1.59. The maximum atomic E-state index is 5.56. The summed E-state index contributed by atoms with van der Waals surface area (Å²) in [4.78, 5) is 0. The molecule has 0 bridgehead atoms. The van der Waals surface area contributed by atoms with Crippen molar-refractivity contribution in [1.29, 1.82) is 0 Å². The van der Waals surface area contributed by atoms with Crippen LogP contribution < -0.4 is 0 Å². The van der Waals surface area contributed by atoms with E-state index < -0.39 is 8.80 Å². The van der Waals surface area contributed by atoms with Gasteiger partial charge in [0.2, 0.25) is 0 Å². The molecule has 0 saturated carbocycles. The van der Waals surface area contributed by atoms with Crippen molar-refractivity contribution < 1.29 is 13.3 Å². The molecule has 0 aromatic heterocycles. The van der Waals surface area contributed by atoms with E-state index in [0.29, 0.717) is 5.54 Å². The summed E-state index contributed by atoms with van der Waals surface area (Å²) in [6, 6.07) is 10.4. The van der Waals surface area contributed by atoms with Gasteiger partial charge in [-0.05, 0) is 18.4 Å². The lowest BCUT2D eigenvalue weighted by atomic mass is 10.1. The molecule has 0 heterocycles. The lowest BCUT2D eigenvalue weighted by molar-refractivity contribution is 0.110. The number of rotatable bonds is 7. The Morgan fingerprint density at radius 1 is 1.00 bits per heavy atom. The topological polar surface area (TPSA) is 27.7 Å². The number of benzene rings is 1. The van der Waals surface area contributed by atoms with E-state index in [1.165, 1.54) is 5.56 Å². The number of hydrogen-bond donors (Lipinski definition) is 0. The van der Waals surface area contributed by atoms with Crippen LogP contribution in [0.25, 0.3) is 0 Å². The first-order valence-electron chi connectivity index (χ1n) is 5.91. The summed E-state index contributed by atoms with van der Waals surface area (Å²) >= 11 is 0. The van der Waals surface area contributed by atoms with Crippen LogP contribution in [0.15, 0.2) is 30.3 Å². The second-order valence-corrected chi connectivity index (χ2v) is 7.26. The summed E-state index contributed by atoms with van der Waals surface area (Å²) in [6.45, 7) is 2.15. The fraction of sp³-hybridized carbons (Fsp3) is 0.538. The van der Waals surface area contributed by atoms with Gasteiger partial charge in [0.05, 0.1) is 0 Å². The molecule has 0 spiro atoms. The van der Waals surface area contributed by atoms with E-state index >= 15 is 0 Å². The van der Waals surface area contributed by atoms with Gasteiger partial charge in [-0.15, -0.1) is 0 Å². The van der Waals surface area contributed by atoms with Crippen molar-refractivity contribution in [2.24, 2.45) is 0 Å². The highest BCUT2D eigenvalue weighted by atomic mass is 28.4. The Labute approximate surface area is 105 Å². The lowest BCUT2D eigenvalue weighted by Gasteiger charge is -2.31. The zero-order chi connectivity index (χ0) is 12.7. The van der Waals surface area contributed by atoms with Gasteiger partial charge >= 0.3 is 8.80 Å². The van der Waals surface area contributed by atoms with Gasteiger partial charge in [0.25, 0.3) is 0 Å². The molecule has 0 N–H and O–H groups in total. The molecule has 1 aromatic carbocycles. The predicted octanol–water partition coefficient (Wildman–Crippen LogP) is 2.89. The Bertz CT molecular complexity index is 303. The smallest absolute Gasteiger partial charge is 0.377 e. The molecule has 0 amide bonds. The molecule has 0 aliphatic carbocycles. The highest BCUT2D eigenvalue weighted by molar-refractivity contribution is 6.62. The summed E-state index contributed by atoms with van der Waals surface area (Å²) in [6.07, 6.45) is 1.91. The van der Waals surface area contributed by atoms with E-state index in [4.69, 9.17) is 13.3 Å². The Hall–Kier alpha value is -0.683. The van der Waals surface area contributed by atoms with E-state index in [2.05, 4.69) is 31.2 Å². The Kier molecular flexibility index (Phi) is 5.84. The van der Waals surface area contributed by atoms with Crippen molar-refractivity contribution in [3.63, 3.8) is 0 Å². The molecular weight excluding hydrogens is 232 g/mol.